The minimum Gasteiger partial charge on any atom is -0.507 e. The summed E-state index contributed by atoms with van der Waals surface area (Å²) in [7, 11) is 0. The standard InChI is InChI=1S/C27H24O3/c28-25-14-20-6-5-19(17-1-3-18(4-2-17)27(29)30)12-21(20)13-24(25)26-22-8-15-7-16(10-22)11-23(26)9-15/h1-6,12-16,22,28H,7-11H2,(H,29,30). The quantitative estimate of drug-likeness (QED) is 0.531. The van der Waals surface area contributed by atoms with Crippen LogP contribution in [0.3, 0.4) is 0 Å². The number of carbonyl (C=O) groups is 1. The predicted octanol–water partition coefficient (Wildman–Crippen LogP) is 6.50. The molecule has 3 nitrogen and oxygen atoms in total. The lowest BCUT2D eigenvalue weighted by atomic mass is 9.57. The number of benzene rings is 3. The highest BCUT2D eigenvalue weighted by atomic mass is 16.4. The van der Waals surface area contributed by atoms with E-state index < -0.39 is 5.97 Å². The summed E-state index contributed by atoms with van der Waals surface area (Å²) in [5, 5.41) is 22.1. The molecule has 0 radical (unpaired) electrons. The zero-order valence-corrected chi connectivity index (χ0v) is 16.8. The van der Waals surface area contributed by atoms with Gasteiger partial charge in [-0.2, -0.15) is 0 Å². The second-order valence-electron chi connectivity index (χ2n) is 9.38. The molecule has 0 spiro atoms. The molecule has 150 valence electrons. The first-order valence-corrected chi connectivity index (χ1v) is 10.9. The van der Waals surface area contributed by atoms with Crippen LogP contribution in [0.15, 0.2) is 60.2 Å². The SMILES string of the molecule is O=C(O)c1ccc(-c2ccc3cc(O)c(C4=C5CC6CC(C5)CC4C6)cc3c2)cc1. The van der Waals surface area contributed by atoms with E-state index in [4.69, 9.17) is 5.11 Å². The van der Waals surface area contributed by atoms with Crippen molar-refractivity contribution in [2.24, 2.45) is 17.8 Å². The van der Waals surface area contributed by atoms with E-state index >= 15 is 0 Å². The van der Waals surface area contributed by atoms with Gasteiger partial charge in [-0.05, 0) is 108 Å². The van der Waals surface area contributed by atoms with Gasteiger partial charge in [0.2, 0.25) is 0 Å². The number of hydrogen-bond acceptors (Lipinski definition) is 2. The topological polar surface area (TPSA) is 57.5 Å². The Morgan fingerprint density at radius 2 is 1.50 bits per heavy atom. The highest BCUT2D eigenvalue weighted by Crippen LogP contribution is 2.57. The molecule has 2 saturated carbocycles. The third kappa shape index (κ3) is 2.76. The summed E-state index contributed by atoms with van der Waals surface area (Å²) in [5.74, 6) is 1.83. The predicted molar refractivity (Wildman–Crippen MR) is 118 cm³/mol. The van der Waals surface area contributed by atoms with Crippen LogP contribution in [0, 0.1) is 17.8 Å². The zero-order chi connectivity index (χ0) is 20.4. The molecule has 2 fully saturated rings. The van der Waals surface area contributed by atoms with Crippen molar-refractivity contribution in [2.75, 3.05) is 0 Å². The number of rotatable bonds is 3. The Morgan fingerprint density at radius 3 is 2.17 bits per heavy atom. The van der Waals surface area contributed by atoms with Gasteiger partial charge in [-0.3, -0.25) is 0 Å². The molecular formula is C27H24O3. The summed E-state index contributed by atoms with van der Waals surface area (Å²) in [6, 6.07) is 17.3. The summed E-state index contributed by atoms with van der Waals surface area (Å²) in [5.41, 5.74) is 6.39. The molecule has 4 bridgehead atoms. The normalized spacial score (nSPS) is 24.6. The number of hydrogen-bond donors (Lipinski definition) is 2. The lowest BCUT2D eigenvalue weighted by molar-refractivity contribution is 0.0697. The fraction of sp³-hybridized carbons (Fsp3) is 0.296. The molecule has 0 saturated heterocycles. The summed E-state index contributed by atoms with van der Waals surface area (Å²) >= 11 is 0. The Hall–Kier alpha value is -3.07. The largest absolute Gasteiger partial charge is 0.507 e. The lowest BCUT2D eigenvalue weighted by Crippen LogP contribution is -2.34. The summed E-state index contributed by atoms with van der Waals surface area (Å²) < 4.78 is 0. The molecule has 2 atom stereocenters. The lowest BCUT2D eigenvalue weighted by Gasteiger charge is -2.48. The zero-order valence-electron chi connectivity index (χ0n) is 16.8. The Morgan fingerprint density at radius 1 is 0.800 bits per heavy atom. The Labute approximate surface area is 175 Å². The first-order chi connectivity index (χ1) is 14.5. The molecule has 3 aromatic rings. The van der Waals surface area contributed by atoms with Crippen LogP contribution in [0.1, 0.15) is 48.0 Å². The molecule has 7 rings (SSSR count). The van der Waals surface area contributed by atoms with E-state index in [1.807, 2.05) is 30.3 Å². The van der Waals surface area contributed by atoms with Gasteiger partial charge in [0.05, 0.1) is 5.56 Å². The monoisotopic (exact) mass is 396 g/mol. The van der Waals surface area contributed by atoms with Gasteiger partial charge in [0.25, 0.3) is 0 Å². The molecule has 0 amide bonds. The van der Waals surface area contributed by atoms with Crippen molar-refractivity contribution < 1.29 is 15.0 Å². The third-order valence-electron chi connectivity index (χ3n) is 7.47. The Bertz CT molecular complexity index is 1200. The first-order valence-electron chi connectivity index (χ1n) is 10.9. The van der Waals surface area contributed by atoms with Crippen LogP contribution < -0.4 is 0 Å². The number of phenols is 1. The van der Waals surface area contributed by atoms with Crippen molar-refractivity contribution in [1.82, 2.24) is 0 Å². The van der Waals surface area contributed by atoms with Crippen LogP contribution in [-0.2, 0) is 0 Å². The maximum atomic E-state index is 11.1. The van der Waals surface area contributed by atoms with E-state index in [2.05, 4.69) is 12.1 Å². The van der Waals surface area contributed by atoms with Crippen LogP contribution in [0.2, 0.25) is 0 Å². The molecule has 0 heterocycles. The van der Waals surface area contributed by atoms with Crippen LogP contribution >= 0.6 is 0 Å². The average Bonchev–Trinajstić information content (AvgIpc) is 2.73. The third-order valence-corrected chi connectivity index (χ3v) is 7.47. The highest BCUT2D eigenvalue weighted by molar-refractivity contribution is 5.93. The van der Waals surface area contributed by atoms with Gasteiger partial charge in [0.15, 0.2) is 0 Å². The average molecular weight is 396 g/mol. The second-order valence-corrected chi connectivity index (χ2v) is 9.38. The van der Waals surface area contributed by atoms with E-state index in [-0.39, 0.29) is 0 Å². The minimum atomic E-state index is -0.912. The van der Waals surface area contributed by atoms with Gasteiger partial charge in [0, 0.05) is 5.56 Å². The number of phenolic OH excluding ortho intramolecular Hbond substituents is 1. The van der Waals surface area contributed by atoms with Gasteiger partial charge in [0.1, 0.15) is 5.75 Å². The summed E-state index contributed by atoms with van der Waals surface area (Å²) in [4.78, 5) is 11.1. The second kappa shape index (κ2) is 6.46. The molecule has 2 unspecified atom stereocenters. The summed E-state index contributed by atoms with van der Waals surface area (Å²) in [6.07, 6.45) is 6.40. The number of allylic oxidation sites excluding steroid dienone is 2. The van der Waals surface area contributed by atoms with Gasteiger partial charge in [-0.1, -0.05) is 29.8 Å². The highest BCUT2D eigenvalue weighted by Gasteiger charge is 2.42. The van der Waals surface area contributed by atoms with E-state index in [9.17, 15) is 9.90 Å². The van der Waals surface area contributed by atoms with Crippen molar-refractivity contribution in [2.45, 2.75) is 32.1 Å². The van der Waals surface area contributed by atoms with Crippen molar-refractivity contribution >= 4 is 22.3 Å². The number of aromatic carboxylic acids is 1. The number of carboxylic acids is 1. The molecule has 3 heteroatoms. The number of fused-ring (bicyclic) bond motifs is 1. The number of carboxylic acid groups (broad SMARTS) is 1. The van der Waals surface area contributed by atoms with E-state index in [0.29, 0.717) is 17.2 Å². The fourth-order valence-electron chi connectivity index (χ4n) is 6.32. The van der Waals surface area contributed by atoms with Crippen LogP contribution in [0.25, 0.3) is 27.5 Å². The van der Waals surface area contributed by atoms with Crippen molar-refractivity contribution in [3.05, 3.63) is 71.3 Å². The molecule has 4 aliphatic rings. The summed E-state index contributed by atoms with van der Waals surface area (Å²) in [6.45, 7) is 0. The molecule has 3 aromatic carbocycles. The van der Waals surface area contributed by atoms with E-state index in [1.165, 1.54) is 37.7 Å². The molecule has 0 aromatic heterocycles. The molecule has 2 N–H and O–H groups in total. The maximum Gasteiger partial charge on any atom is 0.335 e. The first kappa shape index (κ1) is 17.8. The van der Waals surface area contributed by atoms with Crippen molar-refractivity contribution in [1.29, 1.82) is 0 Å². The molecular weight excluding hydrogens is 372 g/mol. The van der Waals surface area contributed by atoms with Crippen molar-refractivity contribution in [3.63, 3.8) is 0 Å². The van der Waals surface area contributed by atoms with Crippen LogP contribution in [0.5, 0.6) is 5.75 Å². The van der Waals surface area contributed by atoms with Crippen LogP contribution in [-0.4, -0.2) is 16.2 Å². The smallest absolute Gasteiger partial charge is 0.335 e. The Kier molecular flexibility index (Phi) is 3.83. The fourth-order valence-corrected chi connectivity index (χ4v) is 6.32. The van der Waals surface area contributed by atoms with Crippen molar-refractivity contribution in [3.8, 4) is 16.9 Å². The van der Waals surface area contributed by atoms with Gasteiger partial charge in [-0.25, -0.2) is 4.79 Å². The molecule has 0 aliphatic heterocycles. The van der Waals surface area contributed by atoms with Crippen LogP contribution in [0.4, 0.5) is 0 Å². The van der Waals surface area contributed by atoms with E-state index in [1.54, 1.807) is 17.7 Å². The minimum absolute atomic E-state index is 0.294. The van der Waals surface area contributed by atoms with Gasteiger partial charge < -0.3 is 10.2 Å². The van der Waals surface area contributed by atoms with E-state index in [0.717, 1.165) is 39.3 Å². The van der Waals surface area contributed by atoms with Gasteiger partial charge >= 0.3 is 5.97 Å². The molecule has 4 aliphatic carbocycles. The number of aromatic hydroxyl groups is 1. The molecule has 30 heavy (non-hydrogen) atoms. The maximum absolute atomic E-state index is 11.1. The van der Waals surface area contributed by atoms with Gasteiger partial charge in [-0.15, -0.1) is 0 Å². The Balaban J connectivity index is 1.44.